The van der Waals surface area contributed by atoms with Crippen LogP contribution in [0.4, 0.5) is 10.6 Å². The van der Waals surface area contributed by atoms with Gasteiger partial charge in [-0.05, 0) is 62.1 Å². The minimum atomic E-state index is -0.589. The molecule has 2 amide bonds. The molecule has 1 fully saturated rings. The first-order valence-electron chi connectivity index (χ1n) is 13.3. The van der Waals surface area contributed by atoms with Crippen LogP contribution in [-0.4, -0.2) is 53.2 Å². The number of aromatic nitrogens is 1. The Balaban J connectivity index is 1.32. The topological polar surface area (TPSA) is 117 Å². The number of hydrogen-bond donors (Lipinski definition) is 2. The van der Waals surface area contributed by atoms with Crippen molar-refractivity contribution in [3.63, 3.8) is 0 Å². The van der Waals surface area contributed by atoms with Crippen LogP contribution in [-0.2, 0) is 9.53 Å². The number of nitriles is 1. The average molecular weight is 542 g/mol. The number of likely N-dealkylation sites (tertiary alicyclic amines) is 1. The highest BCUT2D eigenvalue weighted by Crippen LogP contribution is 2.23. The third-order valence-electron chi connectivity index (χ3n) is 6.42. The zero-order chi connectivity index (χ0) is 28.7. The molecule has 2 heterocycles. The quantitative estimate of drug-likeness (QED) is 0.390. The minimum absolute atomic E-state index is 0.124. The van der Waals surface area contributed by atoms with E-state index in [0.29, 0.717) is 36.8 Å². The normalized spacial score (nSPS) is 14.8. The molecule has 1 aliphatic rings. The van der Waals surface area contributed by atoms with Gasteiger partial charge in [-0.15, -0.1) is 0 Å². The zero-order valence-corrected chi connectivity index (χ0v) is 23.3. The molecule has 1 saturated heterocycles. The van der Waals surface area contributed by atoms with Crippen LogP contribution in [0.3, 0.4) is 0 Å². The van der Waals surface area contributed by atoms with Gasteiger partial charge in [-0.3, -0.25) is 4.79 Å². The van der Waals surface area contributed by atoms with E-state index in [1.54, 1.807) is 35.4 Å². The first-order valence-corrected chi connectivity index (χ1v) is 13.3. The number of anilines is 1. The fraction of sp³-hybridized carbons (Fsp3) is 0.355. The number of rotatable bonds is 9. The van der Waals surface area contributed by atoms with Gasteiger partial charge in [0.05, 0.1) is 30.9 Å². The lowest BCUT2D eigenvalue weighted by atomic mass is 9.98. The third-order valence-corrected chi connectivity index (χ3v) is 6.42. The summed E-state index contributed by atoms with van der Waals surface area (Å²) < 4.78 is 11.3. The molecule has 0 radical (unpaired) electrons. The van der Waals surface area contributed by atoms with Gasteiger partial charge >= 0.3 is 6.09 Å². The Labute approximate surface area is 235 Å². The molecule has 0 bridgehead atoms. The van der Waals surface area contributed by atoms with Crippen LogP contribution < -0.4 is 15.4 Å². The summed E-state index contributed by atoms with van der Waals surface area (Å²) in [6.07, 6.45) is 1.07. The van der Waals surface area contributed by atoms with Crippen LogP contribution >= 0.6 is 0 Å². The summed E-state index contributed by atoms with van der Waals surface area (Å²) in [7, 11) is 0. The molecule has 0 aliphatic carbocycles. The van der Waals surface area contributed by atoms with E-state index in [1.165, 1.54) is 0 Å². The highest BCUT2D eigenvalue weighted by atomic mass is 16.6. The number of nitrogens with zero attached hydrogens (tertiary/aromatic N) is 3. The van der Waals surface area contributed by atoms with Crippen molar-refractivity contribution in [1.29, 1.82) is 5.26 Å². The predicted molar refractivity (Wildman–Crippen MR) is 152 cm³/mol. The van der Waals surface area contributed by atoms with Gasteiger partial charge < -0.3 is 25.0 Å². The first-order chi connectivity index (χ1) is 19.1. The van der Waals surface area contributed by atoms with Crippen molar-refractivity contribution in [2.75, 3.05) is 25.0 Å². The van der Waals surface area contributed by atoms with Crippen molar-refractivity contribution in [3.8, 4) is 11.8 Å². The number of hydrogen-bond acceptors (Lipinski definition) is 7. The number of pyridine rings is 1. The molecule has 0 saturated carbocycles. The summed E-state index contributed by atoms with van der Waals surface area (Å²) in [6.45, 7) is 9.02. The highest BCUT2D eigenvalue weighted by molar-refractivity contribution is 5.94. The molecule has 208 valence electrons. The van der Waals surface area contributed by atoms with Crippen molar-refractivity contribution in [3.05, 3.63) is 89.6 Å². The van der Waals surface area contributed by atoms with Crippen molar-refractivity contribution < 1.29 is 19.1 Å². The molecule has 2 unspecified atom stereocenters. The first kappa shape index (κ1) is 28.6. The third kappa shape index (κ3) is 7.80. The van der Waals surface area contributed by atoms with E-state index in [9.17, 15) is 9.59 Å². The van der Waals surface area contributed by atoms with Gasteiger partial charge in [0.15, 0.2) is 0 Å². The van der Waals surface area contributed by atoms with E-state index in [1.807, 2.05) is 63.2 Å². The largest absolute Gasteiger partial charge is 0.485 e. The molecule has 2 N–H and O–H groups in total. The summed E-state index contributed by atoms with van der Waals surface area (Å²) in [5, 5.41) is 15.3. The van der Waals surface area contributed by atoms with Crippen LogP contribution in [0.15, 0.2) is 72.9 Å². The number of carbonyl (C=O) groups is 2. The second-order valence-electron chi connectivity index (χ2n) is 10.9. The van der Waals surface area contributed by atoms with Crippen LogP contribution in [0.2, 0.25) is 0 Å². The molecule has 4 rings (SSSR count). The number of carbonyl (C=O) groups excluding carboxylic acids is 2. The highest BCUT2D eigenvalue weighted by Gasteiger charge is 2.35. The van der Waals surface area contributed by atoms with Gasteiger partial charge in [-0.1, -0.05) is 49.4 Å². The SMILES string of the molecule is CC(CNC(C(=O)Nc1ccc(OC2CN(C(=O)OC(C)(C)C)C2)cn1)c1ccccc1)c1ccc(C#N)cc1. The minimum Gasteiger partial charge on any atom is -0.485 e. The molecular weight excluding hydrogens is 506 g/mol. The Morgan fingerprint density at radius 2 is 1.75 bits per heavy atom. The maximum absolute atomic E-state index is 13.3. The summed E-state index contributed by atoms with van der Waals surface area (Å²) in [4.78, 5) is 31.4. The van der Waals surface area contributed by atoms with Crippen LogP contribution in [0.5, 0.6) is 5.75 Å². The van der Waals surface area contributed by atoms with Crippen LogP contribution in [0, 0.1) is 11.3 Å². The molecule has 1 aromatic heterocycles. The molecule has 40 heavy (non-hydrogen) atoms. The number of benzene rings is 2. The fourth-order valence-electron chi connectivity index (χ4n) is 4.21. The summed E-state index contributed by atoms with van der Waals surface area (Å²) in [5.74, 6) is 0.857. The molecule has 2 aromatic carbocycles. The molecule has 0 spiro atoms. The van der Waals surface area contributed by atoms with Gasteiger partial charge in [0.25, 0.3) is 0 Å². The van der Waals surface area contributed by atoms with E-state index in [0.717, 1.165) is 11.1 Å². The average Bonchev–Trinajstić information content (AvgIpc) is 2.91. The second-order valence-corrected chi connectivity index (χ2v) is 10.9. The standard InChI is InChI=1S/C31H35N5O4/c1-21(23-12-10-22(16-32)11-13-23)17-34-28(24-8-6-5-7-9-24)29(37)35-27-15-14-25(18-33-27)39-26-19-36(20-26)30(38)40-31(2,3)4/h5-15,18,21,26,28,34H,17,19-20H2,1-4H3,(H,33,35,37). The van der Waals surface area contributed by atoms with E-state index in [2.05, 4.69) is 28.6 Å². The van der Waals surface area contributed by atoms with E-state index < -0.39 is 11.6 Å². The summed E-state index contributed by atoms with van der Waals surface area (Å²) >= 11 is 0. The zero-order valence-electron chi connectivity index (χ0n) is 23.3. The lowest BCUT2D eigenvalue weighted by molar-refractivity contribution is -0.118. The van der Waals surface area contributed by atoms with E-state index in [-0.39, 0.29) is 24.0 Å². The van der Waals surface area contributed by atoms with Gasteiger partial charge in [0.2, 0.25) is 5.91 Å². The molecule has 9 heteroatoms. The van der Waals surface area contributed by atoms with Crippen LogP contribution in [0.1, 0.15) is 56.3 Å². The Hall–Kier alpha value is -4.42. The molecule has 2 atom stereocenters. The lowest BCUT2D eigenvalue weighted by Crippen LogP contribution is -2.57. The number of amides is 2. The molecule has 3 aromatic rings. The second kappa shape index (κ2) is 12.6. The fourth-order valence-corrected chi connectivity index (χ4v) is 4.21. The number of nitrogens with one attached hydrogen (secondary N) is 2. The van der Waals surface area contributed by atoms with E-state index in [4.69, 9.17) is 14.7 Å². The summed E-state index contributed by atoms with van der Waals surface area (Å²) in [6, 6.07) is 22.0. The van der Waals surface area contributed by atoms with Crippen LogP contribution in [0.25, 0.3) is 0 Å². The smallest absolute Gasteiger partial charge is 0.410 e. The van der Waals surface area contributed by atoms with Gasteiger partial charge in [0.1, 0.15) is 29.3 Å². The summed E-state index contributed by atoms with van der Waals surface area (Å²) in [5.41, 5.74) is 2.00. The Morgan fingerprint density at radius 3 is 2.35 bits per heavy atom. The monoisotopic (exact) mass is 541 g/mol. The van der Waals surface area contributed by atoms with Crippen molar-refractivity contribution in [2.24, 2.45) is 0 Å². The maximum Gasteiger partial charge on any atom is 0.410 e. The molecule has 9 nitrogen and oxygen atoms in total. The number of ether oxygens (including phenoxy) is 2. The Kier molecular flexibility index (Phi) is 9.02. The predicted octanol–water partition coefficient (Wildman–Crippen LogP) is 5.02. The molecular formula is C31H35N5O4. The van der Waals surface area contributed by atoms with Gasteiger partial charge in [0, 0.05) is 6.54 Å². The Bertz CT molecular complexity index is 1330. The Morgan fingerprint density at radius 1 is 1.05 bits per heavy atom. The van der Waals surface area contributed by atoms with Crippen molar-refractivity contribution in [2.45, 2.75) is 51.4 Å². The van der Waals surface area contributed by atoms with E-state index >= 15 is 0 Å². The molecule has 1 aliphatic heterocycles. The van der Waals surface area contributed by atoms with Crippen molar-refractivity contribution >= 4 is 17.8 Å². The lowest BCUT2D eigenvalue weighted by Gasteiger charge is -2.39. The van der Waals surface area contributed by atoms with Gasteiger partial charge in [-0.25, -0.2) is 9.78 Å². The maximum atomic E-state index is 13.3. The van der Waals surface area contributed by atoms with Crippen molar-refractivity contribution in [1.82, 2.24) is 15.2 Å². The van der Waals surface area contributed by atoms with Gasteiger partial charge in [-0.2, -0.15) is 5.26 Å².